The minimum atomic E-state index is -0.247. The SMILES string of the molecule is CCc1ncnc(N2CC(N3CCNCC3)C2)c1F. The predicted octanol–water partition coefficient (Wildman–Crippen LogP) is 0.272. The molecule has 3 rings (SSSR count). The van der Waals surface area contributed by atoms with Gasteiger partial charge in [0.2, 0.25) is 0 Å². The number of piperazine rings is 1. The third-order valence-corrected chi connectivity index (χ3v) is 4.01. The summed E-state index contributed by atoms with van der Waals surface area (Å²) in [6.07, 6.45) is 2.08. The van der Waals surface area contributed by atoms with E-state index in [0.717, 1.165) is 39.3 Å². The molecule has 0 aliphatic carbocycles. The molecule has 0 spiro atoms. The number of nitrogens with zero attached hydrogens (tertiary/aromatic N) is 4. The van der Waals surface area contributed by atoms with Gasteiger partial charge in [-0.1, -0.05) is 6.92 Å². The van der Waals surface area contributed by atoms with Gasteiger partial charge in [0.15, 0.2) is 11.6 Å². The molecule has 0 radical (unpaired) electrons. The summed E-state index contributed by atoms with van der Waals surface area (Å²) in [6, 6.07) is 0.543. The van der Waals surface area contributed by atoms with E-state index in [0.29, 0.717) is 24.0 Å². The number of hydrogen-bond donors (Lipinski definition) is 1. The van der Waals surface area contributed by atoms with E-state index >= 15 is 0 Å². The molecule has 1 N–H and O–H groups in total. The zero-order chi connectivity index (χ0) is 13.2. The lowest BCUT2D eigenvalue weighted by Gasteiger charge is -2.47. The molecule has 19 heavy (non-hydrogen) atoms. The second-order valence-corrected chi connectivity index (χ2v) is 5.16. The molecule has 6 heteroatoms. The van der Waals surface area contributed by atoms with Gasteiger partial charge >= 0.3 is 0 Å². The third-order valence-electron chi connectivity index (χ3n) is 4.01. The van der Waals surface area contributed by atoms with Crippen LogP contribution in [-0.2, 0) is 6.42 Å². The maximum Gasteiger partial charge on any atom is 0.187 e. The van der Waals surface area contributed by atoms with Crippen molar-refractivity contribution >= 4 is 5.82 Å². The fraction of sp³-hybridized carbons (Fsp3) is 0.692. The van der Waals surface area contributed by atoms with Gasteiger partial charge in [0, 0.05) is 45.3 Å². The molecule has 2 fully saturated rings. The van der Waals surface area contributed by atoms with Crippen molar-refractivity contribution < 1.29 is 4.39 Å². The first kappa shape index (κ1) is 12.7. The molecule has 5 nitrogen and oxygen atoms in total. The van der Waals surface area contributed by atoms with E-state index in [9.17, 15) is 4.39 Å². The lowest BCUT2D eigenvalue weighted by molar-refractivity contribution is 0.146. The number of nitrogens with one attached hydrogen (secondary N) is 1. The van der Waals surface area contributed by atoms with Crippen LogP contribution in [-0.4, -0.2) is 60.2 Å². The number of halogens is 1. The zero-order valence-corrected chi connectivity index (χ0v) is 11.3. The van der Waals surface area contributed by atoms with Gasteiger partial charge in [0.1, 0.15) is 6.33 Å². The Morgan fingerprint density at radius 2 is 2.05 bits per heavy atom. The Labute approximate surface area is 112 Å². The largest absolute Gasteiger partial charge is 0.351 e. The van der Waals surface area contributed by atoms with Crippen molar-refractivity contribution in [2.45, 2.75) is 19.4 Å². The second kappa shape index (κ2) is 5.38. The summed E-state index contributed by atoms with van der Waals surface area (Å²) in [6.45, 7) is 7.94. The highest BCUT2D eigenvalue weighted by Gasteiger charge is 2.34. The maximum atomic E-state index is 14.1. The van der Waals surface area contributed by atoms with Gasteiger partial charge in [0.05, 0.1) is 5.69 Å². The quantitative estimate of drug-likeness (QED) is 0.850. The van der Waals surface area contributed by atoms with Crippen molar-refractivity contribution in [1.29, 1.82) is 0 Å². The van der Waals surface area contributed by atoms with Crippen molar-refractivity contribution in [3.63, 3.8) is 0 Å². The van der Waals surface area contributed by atoms with Gasteiger partial charge in [0.25, 0.3) is 0 Å². The monoisotopic (exact) mass is 265 g/mol. The summed E-state index contributed by atoms with van der Waals surface area (Å²) in [4.78, 5) is 12.6. The summed E-state index contributed by atoms with van der Waals surface area (Å²) in [5.74, 6) is 0.224. The van der Waals surface area contributed by atoms with E-state index in [1.807, 2.05) is 11.8 Å². The maximum absolute atomic E-state index is 14.1. The van der Waals surface area contributed by atoms with Gasteiger partial charge in [-0.3, -0.25) is 4.90 Å². The number of aromatic nitrogens is 2. The Hall–Kier alpha value is -1.27. The summed E-state index contributed by atoms with van der Waals surface area (Å²) in [5.41, 5.74) is 0.510. The molecule has 104 valence electrons. The molecule has 1 aromatic heterocycles. The normalized spacial score (nSPS) is 21.5. The molecule has 0 unspecified atom stereocenters. The highest BCUT2D eigenvalue weighted by atomic mass is 19.1. The number of hydrogen-bond acceptors (Lipinski definition) is 5. The summed E-state index contributed by atoms with van der Waals surface area (Å²) >= 11 is 0. The van der Waals surface area contributed by atoms with Crippen LogP contribution in [0.25, 0.3) is 0 Å². The predicted molar refractivity (Wildman–Crippen MR) is 71.8 cm³/mol. The third kappa shape index (κ3) is 2.42. The van der Waals surface area contributed by atoms with Crippen molar-refractivity contribution in [3.05, 3.63) is 17.8 Å². The highest BCUT2D eigenvalue weighted by molar-refractivity contribution is 5.44. The fourth-order valence-corrected chi connectivity index (χ4v) is 2.77. The molecule has 0 saturated carbocycles. The number of aryl methyl sites for hydroxylation is 1. The van der Waals surface area contributed by atoms with Crippen LogP contribution in [0, 0.1) is 5.82 Å². The van der Waals surface area contributed by atoms with Crippen molar-refractivity contribution in [2.75, 3.05) is 44.2 Å². The Balaban J connectivity index is 1.64. The minimum absolute atomic E-state index is 0.247. The first-order valence-corrected chi connectivity index (χ1v) is 6.98. The van der Waals surface area contributed by atoms with Gasteiger partial charge in [-0.2, -0.15) is 0 Å². The van der Waals surface area contributed by atoms with Crippen molar-refractivity contribution in [2.24, 2.45) is 0 Å². The molecule has 1 aromatic rings. The molecule has 3 heterocycles. The van der Waals surface area contributed by atoms with E-state index in [-0.39, 0.29) is 5.82 Å². The highest BCUT2D eigenvalue weighted by Crippen LogP contribution is 2.25. The van der Waals surface area contributed by atoms with E-state index < -0.39 is 0 Å². The van der Waals surface area contributed by atoms with Crippen molar-refractivity contribution in [3.8, 4) is 0 Å². The van der Waals surface area contributed by atoms with E-state index in [2.05, 4.69) is 20.2 Å². The Morgan fingerprint density at radius 1 is 1.32 bits per heavy atom. The lowest BCUT2D eigenvalue weighted by Crippen LogP contribution is -2.63. The average molecular weight is 265 g/mol. The number of anilines is 1. The van der Waals surface area contributed by atoms with Crippen LogP contribution >= 0.6 is 0 Å². The second-order valence-electron chi connectivity index (χ2n) is 5.16. The number of rotatable bonds is 3. The van der Waals surface area contributed by atoms with Gasteiger partial charge in [-0.05, 0) is 6.42 Å². The summed E-state index contributed by atoms with van der Waals surface area (Å²) < 4.78 is 14.1. The van der Waals surface area contributed by atoms with Crippen LogP contribution in [0.1, 0.15) is 12.6 Å². The van der Waals surface area contributed by atoms with E-state index in [1.165, 1.54) is 6.33 Å². The Bertz CT molecular complexity index is 441. The van der Waals surface area contributed by atoms with Crippen LogP contribution in [0.4, 0.5) is 10.2 Å². The van der Waals surface area contributed by atoms with Crippen LogP contribution < -0.4 is 10.2 Å². The van der Waals surface area contributed by atoms with Crippen LogP contribution in [0.2, 0.25) is 0 Å². The fourth-order valence-electron chi connectivity index (χ4n) is 2.77. The first-order chi connectivity index (χ1) is 9.29. The van der Waals surface area contributed by atoms with Crippen LogP contribution in [0.15, 0.2) is 6.33 Å². The Kier molecular flexibility index (Phi) is 3.61. The molecule has 2 saturated heterocycles. The summed E-state index contributed by atoms with van der Waals surface area (Å²) in [5, 5.41) is 3.35. The summed E-state index contributed by atoms with van der Waals surface area (Å²) in [7, 11) is 0. The van der Waals surface area contributed by atoms with Crippen LogP contribution in [0.3, 0.4) is 0 Å². The lowest BCUT2D eigenvalue weighted by atomic mass is 10.1. The van der Waals surface area contributed by atoms with Crippen molar-refractivity contribution in [1.82, 2.24) is 20.2 Å². The molecule has 0 bridgehead atoms. The topological polar surface area (TPSA) is 44.3 Å². The first-order valence-electron chi connectivity index (χ1n) is 6.98. The smallest absolute Gasteiger partial charge is 0.187 e. The van der Waals surface area contributed by atoms with Gasteiger partial charge in [-0.25, -0.2) is 14.4 Å². The molecule has 2 aliphatic rings. The molecule has 2 aliphatic heterocycles. The van der Waals surface area contributed by atoms with E-state index in [4.69, 9.17) is 0 Å². The van der Waals surface area contributed by atoms with Gasteiger partial charge in [-0.15, -0.1) is 0 Å². The molecule has 0 atom stereocenters. The molecule has 0 amide bonds. The standard InChI is InChI=1S/C13H20FN5/c1-2-11-12(14)13(17-9-16-11)19-7-10(8-19)18-5-3-15-4-6-18/h9-10,15H,2-8H2,1H3. The molecular formula is C13H20FN5. The van der Waals surface area contributed by atoms with Crippen LogP contribution in [0.5, 0.6) is 0 Å². The van der Waals surface area contributed by atoms with E-state index in [1.54, 1.807) is 0 Å². The Morgan fingerprint density at radius 3 is 2.74 bits per heavy atom. The minimum Gasteiger partial charge on any atom is -0.351 e. The zero-order valence-electron chi connectivity index (χ0n) is 11.3. The van der Waals surface area contributed by atoms with Gasteiger partial charge < -0.3 is 10.2 Å². The molecular weight excluding hydrogens is 245 g/mol. The average Bonchev–Trinajstić information content (AvgIpc) is 2.40. The molecule has 0 aromatic carbocycles.